The van der Waals surface area contributed by atoms with E-state index in [2.05, 4.69) is 18.9 Å². The number of esters is 1. The van der Waals surface area contributed by atoms with Gasteiger partial charge in [-0.3, -0.25) is 19.1 Å². The molecule has 3 atom stereocenters. The van der Waals surface area contributed by atoms with E-state index < -0.39 is 53.2 Å². The quantitative estimate of drug-likeness (QED) is 0.218. The normalized spacial score (nSPS) is 27.8. The molecule has 3 aliphatic carbocycles. The maximum absolute atomic E-state index is 14.7. The van der Waals surface area contributed by atoms with E-state index in [0.717, 1.165) is 10.9 Å². The number of hydrogen-bond donors (Lipinski definition) is 0. The number of ether oxygens (including phenoxy) is 1. The first-order chi connectivity index (χ1) is 20.1. The molecule has 43 heavy (non-hydrogen) atoms. The Bertz CT molecular complexity index is 1400. The molecule has 5 rings (SSSR count). The average molecular weight is 643 g/mol. The second-order valence-electron chi connectivity index (χ2n) is 13.0. The lowest BCUT2D eigenvalue weighted by molar-refractivity contribution is -0.157. The number of carbonyl (C=O) groups excluding carboxylic acids is 3. The summed E-state index contributed by atoms with van der Waals surface area (Å²) >= 11 is 12.5. The third kappa shape index (κ3) is 5.81. The minimum atomic E-state index is -4.88. The van der Waals surface area contributed by atoms with Crippen molar-refractivity contribution < 1.29 is 32.3 Å². The summed E-state index contributed by atoms with van der Waals surface area (Å²) < 4.78 is 50.1. The molecule has 12 heteroatoms. The molecule has 234 valence electrons. The summed E-state index contributed by atoms with van der Waals surface area (Å²) in [6.45, 7) is 7.52. The van der Waals surface area contributed by atoms with Crippen LogP contribution in [0.5, 0.6) is 0 Å². The van der Waals surface area contributed by atoms with Gasteiger partial charge in [-0.2, -0.15) is 18.3 Å². The number of nitrogens with zero attached hydrogens (tertiary/aromatic N) is 3. The highest BCUT2D eigenvalue weighted by Gasteiger charge is 2.63. The minimum absolute atomic E-state index is 0.0331. The smallest absolute Gasteiger partial charge is 0.433 e. The number of Topliss-reactive ketones (excluding diaryl/α,β-unsaturated/α-hetero) is 1. The maximum Gasteiger partial charge on any atom is 0.433 e. The van der Waals surface area contributed by atoms with Gasteiger partial charge in [0.05, 0.1) is 52.0 Å². The van der Waals surface area contributed by atoms with Gasteiger partial charge in [0, 0.05) is 6.04 Å². The van der Waals surface area contributed by atoms with Crippen LogP contribution >= 0.6 is 23.2 Å². The molecule has 3 aliphatic rings. The summed E-state index contributed by atoms with van der Waals surface area (Å²) in [5.74, 6) is -1.15. The Morgan fingerprint density at radius 3 is 2.19 bits per heavy atom. The number of fused-ring (bicyclic) bond motifs is 1. The third-order valence-electron chi connectivity index (χ3n) is 10.1. The second kappa shape index (κ2) is 11.4. The van der Waals surface area contributed by atoms with Crippen molar-refractivity contribution >= 4 is 40.9 Å². The van der Waals surface area contributed by atoms with E-state index in [1.54, 1.807) is 19.9 Å². The Morgan fingerprint density at radius 1 is 1.07 bits per heavy atom. The van der Waals surface area contributed by atoms with Crippen LogP contribution in [0.1, 0.15) is 98.7 Å². The van der Waals surface area contributed by atoms with Crippen molar-refractivity contribution in [2.75, 3.05) is 13.2 Å². The lowest BCUT2D eigenvalue weighted by Gasteiger charge is -2.36. The number of amides is 1. The molecule has 1 aromatic heterocycles. The van der Waals surface area contributed by atoms with Gasteiger partial charge in [-0.05, 0) is 81.8 Å². The third-order valence-corrected chi connectivity index (χ3v) is 10.7. The first kappa shape index (κ1) is 31.8. The number of carbonyl (C=O) groups is 3. The predicted molar refractivity (Wildman–Crippen MR) is 155 cm³/mol. The van der Waals surface area contributed by atoms with Crippen molar-refractivity contribution in [3.63, 3.8) is 0 Å². The molecule has 0 N–H and O–H groups in total. The molecule has 0 unspecified atom stereocenters. The highest BCUT2D eigenvalue weighted by Crippen LogP contribution is 2.67. The molecular weight excluding hydrogens is 606 g/mol. The van der Waals surface area contributed by atoms with Crippen LogP contribution < -0.4 is 0 Å². The zero-order valence-corrected chi connectivity index (χ0v) is 26.2. The van der Waals surface area contributed by atoms with Crippen LogP contribution in [0.2, 0.25) is 10.0 Å². The average Bonchev–Trinajstić information content (AvgIpc) is 3.36. The molecule has 1 aromatic carbocycles. The fourth-order valence-electron chi connectivity index (χ4n) is 7.32. The Hall–Kier alpha value is -2.59. The molecule has 7 nitrogen and oxygen atoms in total. The Morgan fingerprint density at radius 2 is 1.65 bits per heavy atom. The van der Waals surface area contributed by atoms with Crippen LogP contribution in [0.25, 0.3) is 0 Å². The first-order valence-corrected chi connectivity index (χ1v) is 15.5. The molecule has 3 saturated carbocycles. The molecule has 1 heterocycles. The van der Waals surface area contributed by atoms with Gasteiger partial charge in [0.2, 0.25) is 0 Å². The number of halogens is 5. The van der Waals surface area contributed by atoms with E-state index in [4.69, 9.17) is 27.9 Å². The van der Waals surface area contributed by atoms with Gasteiger partial charge >= 0.3 is 12.1 Å². The van der Waals surface area contributed by atoms with Crippen molar-refractivity contribution in [3.8, 4) is 0 Å². The summed E-state index contributed by atoms with van der Waals surface area (Å²) in [6.07, 6.45) is -1.54. The highest BCUT2D eigenvalue weighted by atomic mass is 35.5. The topological polar surface area (TPSA) is 81.5 Å². The number of rotatable bonds is 8. The minimum Gasteiger partial charge on any atom is -0.466 e. The second-order valence-corrected chi connectivity index (χ2v) is 13.8. The van der Waals surface area contributed by atoms with Crippen LogP contribution in [0.15, 0.2) is 24.4 Å². The van der Waals surface area contributed by atoms with Crippen molar-refractivity contribution in [3.05, 3.63) is 51.3 Å². The zero-order valence-electron chi connectivity index (χ0n) is 24.6. The van der Waals surface area contributed by atoms with Gasteiger partial charge in [0.15, 0.2) is 11.5 Å². The molecular formula is C31H36Cl2F3N3O4. The number of hydrogen-bond acceptors (Lipinski definition) is 5. The summed E-state index contributed by atoms with van der Waals surface area (Å²) in [6, 6.07) is 3.52. The van der Waals surface area contributed by atoms with Gasteiger partial charge in [-0.25, -0.2) is 0 Å². The maximum atomic E-state index is 14.7. The Balaban J connectivity index is 1.45. The molecule has 1 amide bonds. The van der Waals surface area contributed by atoms with E-state index in [9.17, 15) is 27.6 Å². The number of aromatic nitrogens is 2. The summed E-state index contributed by atoms with van der Waals surface area (Å²) in [5, 5.41) is 4.30. The van der Waals surface area contributed by atoms with E-state index in [0.29, 0.717) is 37.5 Å². The number of ketones is 1. The van der Waals surface area contributed by atoms with E-state index in [1.165, 1.54) is 17.0 Å². The van der Waals surface area contributed by atoms with Gasteiger partial charge in [0.25, 0.3) is 5.91 Å². The molecule has 0 spiro atoms. The fourth-order valence-corrected chi connectivity index (χ4v) is 7.93. The van der Waals surface area contributed by atoms with Crippen molar-refractivity contribution in [2.45, 2.75) is 84.5 Å². The fraction of sp³-hybridized carbons (Fsp3) is 0.613. The first-order valence-electron chi connectivity index (χ1n) is 14.7. The SMILES string of the molecule is CCOC(=O)[C@]1(C)CC[C@@H](n2ncc(C(=O)N(CC(=O)c3c(Cl)cccc3Cl)[C@H]3C[C@@H]4[C@H](C3)C4(C)C)c2C(F)(F)F)CC1. The monoisotopic (exact) mass is 641 g/mol. The molecule has 0 aliphatic heterocycles. The van der Waals surface area contributed by atoms with Crippen molar-refractivity contribution in [1.29, 1.82) is 0 Å². The highest BCUT2D eigenvalue weighted by molar-refractivity contribution is 6.40. The van der Waals surface area contributed by atoms with E-state index in [-0.39, 0.29) is 46.4 Å². The summed E-state index contributed by atoms with van der Waals surface area (Å²) in [4.78, 5) is 41.3. The molecule has 0 radical (unpaired) electrons. The number of alkyl halides is 3. The molecule has 0 saturated heterocycles. The van der Waals surface area contributed by atoms with Crippen LogP contribution in [0.3, 0.4) is 0 Å². The van der Waals surface area contributed by atoms with Gasteiger partial charge in [-0.15, -0.1) is 0 Å². The predicted octanol–water partition coefficient (Wildman–Crippen LogP) is 7.65. The number of benzene rings is 1. The molecule has 0 bridgehead atoms. The van der Waals surface area contributed by atoms with E-state index >= 15 is 0 Å². The molecule has 2 aromatic rings. The Labute approximate surface area is 259 Å². The van der Waals surface area contributed by atoms with Crippen molar-refractivity contribution in [1.82, 2.24) is 14.7 Å². The van der Waals surface area contributed by atoms with Crippen LogP contribution in [-0.4, -0.2) is 51.5 Å². The lowest BCUT2D eigenvalue weighted by Crippen LogP contribution is -2.44. The van der Waals surface area contributed by atoms with Crippen LogP contribution in [0, 0.1) is 22.7 Å². The summed E-state index contributed by atoms with van der Waals surface area (Å²) in [5.41, 5.74) is -2.39. The molecule has 3 fully saturated rings. The van der Waals surface area contributed by atoms with Gasteiger partial charge < -0.3 is 9.64 Å². The van der Waals surface area contributed by atoms with E-state index in [1.807, 2.05) is 0 Å². The summed E-state index contributed by atoms with van der Waals surface area (Å²) in [7, 11) is 0. The van der Waals surface area contributed by atoms with Crippen molar-refractivity contribution in [2.24, 2.45) is 22.7 Å². The van der Waals surface area contributed by atoms with Crippen LogP contribution in [-0.2, 0) is 15.7 Å². The largest absolute Gasteiger partial charge is 0.466 e. The zero-order chi connectivity index (χ0) is 31.5. The van der Waals surface area contributed by atoms with Gasteiger partial charge in [0.1, 0.15) is 0 Å². The lowest BCUT2D eigenvalue weighted by atomic mass is 9.74. The Kier molecular flexibility index (Phi) is 8.44. The van der Waals surface area contributed by atoms with Crippen LogP contribution in [0.4, 0.5) is 13.2 Å². The van der Waals surface area contributed by atoms with Gasteiger partial charge in [-0.1, -0.05) is 43.1 Å². The standard InChI is InChI=1S/C31H36Cl2F3N3O4/c1-5-43-28(42)30(4)11-9-17(10-12-30)39-26(31(34,35)36)19(15-37-39)27(41)38(18-13-20-21(14-18)29(20,2)3)16-24(40)25-22(32)7-6-8-23(25)33/h6-8,15,17-18,20-21H,5,9-14,16H2,1-4H3/t17-,18-,20+,21-,30-.